The molecule has 2 atom stereocenters. The first kappa shape index (κ1) is 25.5. The Balaban J connectivity index is 1.28. The SMILES string of the molecule is O=P(O)(COc1ccccc1)C1CCC(CCNC[C@H](O)COc2ccc(O)c(F)c2)CC1. The number of phenolic OH excluding ortho intramolecular Hbond substituents is 1. The third-order valence-corrected chi connectivity index (χ3v) is 8.17. The van der Waals surface area contributed by atoms with Crippen molar-refractivity contribution in [3.8, 4) is 17.2 Å². The maximum atomic E-state index is 13.3. The zero-order valence-corrected chi connectivity index (χ0v) is 19.5. The smallest absolute Gasteiger partial charge is 0.239 e. The van der Waals surface area contributed by atoms with E-state index in [9.17, 15) is 24.1 Å². The minimum absolute atomic E-state index is 0.0131. The van der Waals surface area contributed by atoms with E-state index in [4.69, 9.17) is 9.47 Å². The topological polar surface area (TPSA) is 108 Å². The minimum Gasteiger partial charge on any atom is -0.505 e. The van der Waals surface area contributed by atoms with Gasteiger partial charge in [0.25, 0.3) is 0 Å². The third kappa shape index (κ3) is 8.31. The molecule has 1 fully saturated rings. The molecule has 0 aliphatic heterocycles. The van der Waals surface area contributed by atoms with E-state index in [1.54, 1.807) is 12.1 Å². The van der Waals surface area contributed by atoms with Gasteiger partial charge >= 0.3 is 0 Å². The lowest BCUT2D eigenvalue weighted by Crippen LogP contribution is -2.33. The van der Waals surface area contributed by atoms with E-state index in [0.717, 1.165) is 44.7 Å². The van der Waals surface area contributed by atoms with Gasteiger partial charge in [-0.15, -0.1) is 0 Å². The number of ether oxygens (including phenoxy) is 2. The molecule has 0 heterocycles. The van der Waals surface area contributed by atoms with Gasteiger partial charge < -0.3 is 29.9 Å². The molecule has 0 radical (unpaired) electrons. The summed E-state index contributed by atoms with van der Waals surface area (Å²) in [6.45, 7) is 1.09. The molecule has 9 heteroatoms. The fraction of sp³-hybridized carbons (Fsp3) is 0.500. The number of aliphatic hydroxyl groups excluding tert-OH is 1. The van der Waals surface area contributed by atoms with Crippen molar-refractivity contribution in [3.63, 3.8) is 0 Å². The summed E-state index contributed by atoms with van der Waals surface area (Å²) in [4.78, 5) is 10.5. The molecule has 1 aliphatic carbocycles. The number of rotatable bonds is 12. The molecular formula is C24H33FNO6P. The third-order valence-electron chi connectivity index (χ3n) is 6.02. The lowest BCUT2D eigenvalue weighted by molar-refractivity contribution is 0.106. The molecule has 4 N–H and O–H groups in total. The quantitative estimate of drug-likeness (QED) is 0.267. The van der Waals surface area contributed by atoms with Gasteiger partial charge in [0.05, 0.1) is 0 Å². The zero-order valence-electron chi connectivity index (χ0n) is 18.6. The average Bonchev–Trinajstić information content (AvgIpc) is 2.82. The molecule has 1 aliphatic rings. The predicted octanol–water partition coefficient (Wildman–Crippen LogP) is 4.12. The van der Waals surface area contributed by atoms with Crippen LogP contribution in [0.3, 0.4) is 0 Å². The number of hydrogen-bond acceptors (Lipinski definition) is 6. The first-order valence-electron chi connectivity index (χ1n) is 11.3. The number of halogens is 1. The van der Waals surface area contributed by atoms with E-state index in [2.05, 4.69) is 5.32 Å². The maximum Gasteiger partial charge on any atom is 0.239 e. The van der Waals surface area contributed by atoms with Crippen LogP contribution in [-0.2, 0) is 4.57 Å². The second-order valence-corrected chi connectivity index (χ2v) is 11.1. The van der Waals surface area contributed by atoms with Gasteiger partial charge in [-0.05, 0) is 68.8 Å². The van der Waals surface area contributed by atoms with Gasteiger partial charge in [-0.3, -0.25) is 4.57 Å². The number of benzene rings is 2. The standard InChI is InChI=1S/C24H33FNO6P/c25-23-14-21(8-11-24(23)28)31-16-19(27)15-26-13-12-18-6-9-22(10-7-18)33(29,30)17-32-20-4-2-1-3-5-20/h1-5,8,11,14,18-19,22,26-28H,6-7,9-10,12-13,15-17H2,(H,29,30)/t18?,19-,22?/m0/s1. The van der Waals surface area contributed by atoms with Crippen molar-refractivity contribution < 1.29 is 33.5 Å². The van der Waals surface area contributed by atoms with Gasteiger partial charge in [-0.25, -0.2) is 4.39 Å². The minimum atomic E-state index is -3.37. The summed E-state index contributed by atoms with van der Waals surface area (Å²) in [5.74, 6) is 0.125. The van der Waals surface area contributed by atoms with Crippen LogP contribution in [0.2, 0.25) is 0 Å². The first-order valence-corrected chi connectivity index (χ1v) is 13.2. The van der Waals surface area contributed by atoms with Crippen LogP contribution in [0, 0.1) is 11.7 Å². The average molecular weight is 482 g/mol. The highest BCUT2D eigenvalue weighted by molar-refractivity contribution is 7.58. The predicted molar refractivity (Wildman–Crippen MR) is 125 cm³/mol. The summed E-state index contributed by atoms with van der Waals surface area (Å²) < 4.78 is 36.9. The van der Waals surface area contributed by atoms with Crippen LogP contribution in [0.5, 0.6) is 17.2 Å². The number of nitrogens with one attached hydrogen (secondary N) is 1. The molecule has 0 aromatic heterocycles. The molecule has 3 rings (SSSR count). The van der Waals surface area contributed by atoms with Crippen molar-refractivity contribution >= 4 is 7.37 Å². The Morgan fingerprint density at radius 2 is 1.79 bits per heavy atom. The second-order valence-electron chi connectivity index (χ2n) is 8.59. The molecule has 0 bridgehead atoms. The Morgan fingerprint density at radius 3 is 2.48 bits per heavy atom. The van der Waals surface area contributed by atoms with E-state index >= 15 is 0 Å². The van der Waals surface area contributed by atoms with Crippen LogP contribution >= 0.6 is 7.37 Å². The van der Waals surface area contributed by atoms with Crippen LogP contribution in [0.15, 0.2) is 48.5 Å². The lowest BCUT2D eigenvalue weighted by Gasteiger charge is -2.31. The van der Waals surface area contributed by atoms with Crippen LogP contribution in [0.25, 0.3) is 0 Å². The number of hydrogen-bond donors (Lipinski definition) is 4. The Labute approximate surface area is 194 Å². The number of para-hydroxylation sites is 1. The fourth-order valence-corrected chi connectivity index (χ4v) is 5.68. The molecule has 2 aromatic rings. The molecule has 1 unspecified atom stereocenters. The van der Waals surface area contributed by atoms with Gasteiger partial charge in [-0.2, -0.15) is 0 Å². The Morgan fingerprint density at radius 1 is 1.06 bits per heavy atom. The summed E-state index contributed by atoms with van der Waals surface area (Å²) in [6.07, 6.45) is 3.28. The number of phenols is 1. The molecule has 182 valence electrons. The van der Waals surface area contributed by atoms with Crippen molar-refractivity contribution in [1.82, 2.24) is 5.32 Å². The van der Waals surface area contributed by atoms with Gasteiger partial charge in [0.1, 0.15) is 24.2 Å². The zero-order chi connectivity index (χ0) is 23.7. The van der Waals surface area contributed by atoms with Crippen molar-refractivity contribution in [2.75, 3.05) is 26.0 Å². The largest absolute Gasteiger partial charge is 0.505 e. The van der Waals surface area contributed by atoms with Crippen LogP contribution < -0.4 is 14.8 Å². The lowest BCUT2D eigenvalue weighted by atomic mass is 9.86. The van der Waals surface area contributed by atoms with Crippen LogP contribution in [0.1, 0.15) is 32.1 Å². The van der Waals surface area contributed by atoms with Crippen LogP contribution in [-0.4, -0.2) is 52.9 Å². The molecule has 1 saturated carbocycles. The molecule has 7 nitrogen and oxygen atoms in total. The van der Waals surface area contributed by atoms with Gasteiger partial charge in [0, 0.05) is 18.3 Å². The first-order chi connectivity index (χ1) is 15.8. The summed E-state index contributed by atoms with van der Waals surface area (Å²) in [7, 11) is -3.37. The van der Waals surface area contributed by atoms with E-state index in [1.165, 1.54) is 12.1 Å². The van der Waals surface area contributed by atoms with Crippen molar-refractivity contribution in [2.45, 2.75) is 43.9 Å². The normalized spacial score (nSPS) is 21.2. The highest BCUT2D eigenvalue weighted by Gasteiger charge is 2.35. The van der Waals surface area contributed by atoms with Gasteiger partial charge in [0.2, 0.25) is 7.37 Å². The van der Waals surface area contributed by atoms with Crippen LogP contribution in [0.4, 0.5) is 4.39 Å². The van der Waals surface area contributed by atoms with Gasteiger partial charge in [0.15, 0.2) is 17.9 Å². The summed E-state index contributed by atoms with van der Waals surface area (Å²) >= 11 is 0. The Bertz CT molecular complexity index is 907. The number of aromatic hydroxyl groups is 1. The molecule has 0 saturated heterocycles. The van der Waals surface area contributed by atoms with E-state index < -0.39 is 25.0 Å². The monoisotopic (exact) mass is 481 g/mol. The molecule has 0 spiro atoms. The second kappa shape index (κ2) is 12.4. The molecule has 0 amide bonds. The van der Waals surface area contributed by atoms with E-state index in [-0.39, 0.29) is 24.4 Å². The summed E-state index contributed by atoms with van der Waals surface area (Å²) in [5.41, 5.74) is -0.214. The van der Waals surface area contributed by atoms with E-state index in [1.807, 2.05) is 18.2 Å². The number of aliphatic hydroxyl groups is 1. The van der Waals surface area contributed by atoms with Crippen molar-refractivity contribution in [3.05, 3.63) is 54.3 Å². The Kier molecular flexibility index (Phi) is 9.56. The van der Waals surface area contributed by atoms with E-state index in [0.29, 0.717) is 18.2 Å². The molecule has 33 heavy (non-hydrogen) atoms. The molecule has 2 aromatic carbocycles. The Hall–Kier alpha value is -2.12. The summed E-state index contributed by atoms with van der Waals surface area (Å²) in [5, 5.41) is 22.4. The molecular weight excluding hydrogens is 448 g/mol. The van der Waals surface area contributed by atoms with Crippen molar-refractivity contribution in [1.29, 1.82) is 0 Å². The van der Waals surface area contributed by atoms with Gasteiger partial charge in [-0.1, -0.05) is 18.2 Å². The summed E-state index contributed by atoms with van der Waals surface area (Å²) in [6, 6.07) is 12.8. The maximum absolute atomic E-state index is 13.3. The highest BCUT2D eigenvalue weighted by atomic mass is 31.2. The fourth-order valence-electron chi connectivity index (χ4n) is 4.03. The highest BCUT2D eigenvalue weighted by Crippen LogP contribution is 2.52. The van der Waals surface area contributed by atoms with Crippen molar-refractivity contribution in [2.24, 2.45) is 5.92 Å².